The summed E-state index contributed by atoms with van der Waals surface area (Å²) >= 11 is 0. The fourth-order valence-electron chi connectivity index (χ4n) is 3.28. The van der Waals surface area contributed by atoms with Crippen LogP contribution in [0.15, 0.2) is 12.4 Å². The molecule has 0 amide bonds. The average Bonchev–Trinajstić information content (AvgIpc) is 3.09. The second-order valence-electron chi connectivity index (χ2n) is 7.12. The van der Waals surface area contributed by atoms with Gasteiger partial charge in [0.15, 0.2) is 0 Å². The first-order chi connectivity index (χ1) is 12.0. The highest BCUT2D eigenvalue weighted by Crippen LogP contribution is 2.33. The summed E-state index contributed by atoms with van der Waals surface area (Å²) in [5.41, 5.74) is 0. The van der Waals surface area contributed by atoms with E-state index in [9.17, 15) is 0 Å². The van der Waals surface area contributed by atoms with Crippen molar-refractivity contribution in [2.45, 2.75) is 58.5 Å². The SMILES string of the molecule is CCn1ccnc1[C@H]1CCCCN1c1nc(C(C)C)nc(N(C)C)n1. The van der Waals surface area contributed by atoms with Crippen molar-refractivity contribution in [1.29, 1.82) is 0 Å². The summed E-state index contributed by atoms with van der Waals surface area (Å²) in [5.74, 6) is 3.72. The number of piperidine rings is 1. The molecular weight excluding hydrogens is 314 g/mol. The van der Waals surface area contributed by atoms with Gasteiger partial charge in [-0.1, -0.05) is 13.8 Å². The van der Waals surface area contributed by atoms with Crippen molar-refractivity contribution in [2.75, 3.05) is 30.4 Å². The molecular formula is C18H29N7. The summed E-state index contributed by atoms with van der Waals surface area (Å²) in [4.78, 5) is 23.1. The maximum absolute atomic E-state index is 4.79. The number of nitrogens with zero attached hydrogens (tertiary/aromatic N) is 7. The lowest BCUT2D eigenvalue weighted by atomic mass is 10.0. The second kappa shape index (κ2) is 7.37. The molecule has 3 heterocycles. The van der Waals surface area contributed by atoms with Gasteiger partial charge in [-0.05, 0) is 26.2 Å². The van der Waals surface area contributed by atoms with Crippen LogP contribution in [-0.2, 0) is 6.54 Å². The second-order valence-corrected chi connectivity index (χ2v) is 7.12. The Labute approximate surface area is 150 Å². The largest absolute Gasteiger partial charge is 0.347 e. The van der Waals surface area contributed by atoms with Crippen LogP contribution in [0.4, 0.5) is 11.9 Å². The third-order valence-corrected chi connectivity index (χ3v) is 4.69. The van der Waals surface area contributed by atoms with Gasteiger partial charge in [0.05, 0.1) is 6.04 Å². The quantitative estimate of drug-likeness (QED) is 0.831. The summed E-state index contributed by atoms with van der Waals surface area (Å²) < 4.78 is 2.22. The van der Waals surface area contributed by atoms with Crippen molar-refractivity contribution < 1.29 is 0 Å². The number of hydrogen-bond donors (Lipinski definition) is 0. The highest BCUT2D eigenvalue weighted by atomic mass is 15.4. The van der Waals surface area contributed by atoms with Crippen molar-refractivity contribution in [2.24, 2.45) is 0 Å². The van der Waals surface area contributed by atoms with Crippen molar-refractivity contribution in [3.05, 3.63) is 24.0 Å². The van der Waals surface area contributed by atoms with Gasteiger partial charge in [0, 0.05) is 45.5 Å². The summed E-state index contributed by atoms with van der Waals surface area (Å²) in [7, 11) is 3.95. The number of aromatic nitrogens is 5. The third kappa shape index (κ3) is 3.60. The summed E-state index contributed by atoms with van der Waals surface area (Å²) in [5, 5.41) is 0. The Morgan fingerprint density at radius 1 is 1.20 bits per heavy atom. The van der Waals surface area contributed by atoms with Gasteiger partial charge in [-0.15, -0.1) is 0 Å². The van der Waals surface area contributed by atoms with Gasteiger partial charge in [-0.3, -0.25) is 0 Å². The molecule has 136 valence electrons. The van der Waals surface area contributed by atoms with Crippen molar-refractivity contribution in [3.63, 3.8) is 0 Å². The summed E-state index contributed by atoms with van der Waals surface area (Å²) in [6.45, 7) is 8.28. The first-order valence-corrected chi connectivity index (χ1v) is 9.22. The van der Waals surface area contributed by atoms with Crippen molar-refractivity contribution in [1.82, 2.24) is 24.5 Å². The minimum atomic E-state index is 0.223. The number of hydrogen-bond acceptors (Lipinski definition) is 6. The van der Waals surface area contributed by atoms with Crippen LogP contribution in [0.5, 0.6) is 0 Å². The maximum Gasteiger partial charge on any atom is 0.231 e. The highest BCUT2D eigenvalue weighted by molar-refractivity contribution is 5.41. The molecule has 0 unspecified atom stereocenters. The van der Waals surface area contributed by atoms with Gasteiger partial charge in [-0.2, -0.15) is 15.0 Å². The number of anilines is 2. The van der Waals surface area contributed by atoms with E-state index in [1.807, 2.05) is 25.2 Å². The molecule has 0 saturated carbocycles. The van der Waals surface area contributed by atoms with E-state index in [1.165, 1.54) is 6.42 Å². The van der Waals surface area contributed by atoms with E-state index in [-0.39, 0.29) is 12.0 Å². The average molecular weight is 343 g/mol. The molecule has 1 aliphatic heterocycles. The first-order valence-electron chi connectivity index (χ1n) is 9.22. The molecule has 7 heteroatoms. The molecule has 1 saturated heterocycles. The molecule has 2 aromatic heterocycles. The van der Waals surface area contributed by atoms with E-state index in [4.69, 9.17) is 9.97 Å². The van der Waals surface area contributed by atoms with Gasteiger partial charge >= 0.3 is 0 Å². The Balaban J connectivity index is 2.03. The molecule has 0 aromatic carbocycles. The summed E-state index contributed by atoms with van der Waals surface area (Å²) in [6, 6.07) is 0.223. The first kappa shape index (κ1) is 17.6. The van der Waals surface area contributed by atoms with Gasteiger partial charge in [0.1, 0.15) is 11.6 Å². The lowest BCUT2D eigenvalue weighted by Crippen LogP contribution is -2.37. The zero-order valence-electron chi connectivity index (χ0n) is 16.0. The lowest BCUT2D eigenvalue weighted by molar-refractivity contribution is 0.434. The molecule has 7 nitrogen and oxygen atoms in total. The minimum absolute atomic E-state index is 0.223. The van der Waals surface area contributed by atoms with Crippen LogP contribution >= 0.6 is 0 Å². The Bertz CT molecular complexity index is 681. The predicted molar refractivity (Wildman–Crippen MR) is 100 cm³/mol. The Hall–Kier alpha value is -2.18. The van der Waals surface area contributed by atoms with Gasteiger partial charge < -0.3 is 14.4 Å². The zero-order valence-corrected chi connectivity index (χ0v) is 16.0. The lowest BCUT2D eigenvalue weighted by Gasteiger charge is -2.36. The van der Waals surface area contributed by atoms with E-state index in [1.54, 1.807) is 0 Å². The van der Waals surface area contributed by atoms with Crippen LogP contribution in [0.2, 0.25) is 0 Å². The topological polar surface area (TPSA) is 63.0 Å². The maximum atomic E-state index is 4.79. The van der Waals surface area contributed by atoms with Crippen LogP contribution in [0, 0.1) is 0 Å². The van der Waals surface area contributed by atoms with Crippen LogP contribution in [-0.4, -0.2) is 45.1 Å². The van der Waals surface area contributed by atoms with E-state index < -0.39 is 0 Å². The van der Waals surface area contributed by atoms with E-state index in [0.717, 1.165) is 49.5 Å². The molecule has 0 bridgehead atoms. The number of aryl methyl sites for hydroxylation is 1. The van der Waals surface area contributed by atoms with Crippen molar-refractivity contribution in [3.8, 4) is 0 Å². The number of rotatable bonds is 5. The third-order valence-electron chi connectivity index (χ3n) is 4.69. The monoisotopic (exact) mass is 343 g/mol. The molecule has 1 atom stereocenters. The van der Waals surface area contributed by atoms with E-state index in [2.05, 4.69) is 46.4 Å². The van der Waals surface area contributed by atoms with Gasteiger partial charge in [-0.25, -0.2) is 4.98 Å². The molecule has 25 heavy (non-hydrogen) atoms. The Morgan fingerprint density at radius 3 is 2.68 bits per heavy atom. The molecule has 0 aliphatic carbocycles. The standard InChI is InChI=1S/C18H29N7/c1-6-24-12-10-19-16(24)14-9-7-8-11-25(14)18-21-15(13(2)3)20-17(22-18)23(4)5/h10,12-14H,6-9,11H2,1-5H3/t14-/m1/s1. The fourth-order valence-corrected chi connectivity index (χ4v) is 3.28. The molecule has 0 radical (unpaired) electrons. The molecule has 1 fully saturated rings. The van der Waals surface area contributed by atoms with Crippen LogP contribution in [0.1, 0.15) is 63.6 Å². The smallest absolute Gasteiger partial charge is 0.231 e. The predicted octanol–water partition coefficient (Wildman–Crippen LogP) is 3.01. The Kier molecular flexibility index (Phi) is 5.20. The van der Waals surface area contributed by atoms with E-state index >= 15 is 0 Å². The Morgan fingerprint density at radius 2 is 2.00 bits per heavy atom. The van der Waals surface area contributed by atoms with Crippen LogP contribution < -0.4 is 9.80 Å². The van der Waals surface area contributed by atoms with Crippen LogP contribution in [0.25, 0.3) is 0 Å². The normalized spacial score (nSPS) is 18.0. The minimum Gasteiger partial charge on any atom is -0.347 e. The molecule has 0 N–H and O–H groups in total. The molecule has 1 aliphatic rings. The molecule has 3 rings (SSSR count). The zero-order chi connectivity index (χ0) is 18.0. The van der Waals surface area contributed by atoms with Crippen LogP contribution in [0.3, 0.4) is 0 Å². The van der Waals surface area contributed by atoms with E-state index in [0.29, 0.717) is 0 Å². The number of imidazole rings is 1. The van der Waals surface area contributed by atoms with Gasteiger partial charge in [0.25, 0.3) is 0 Å². The van der Waals surface area contributed by atoms with Gasteiger partial charge in [0.2, 0.25) is 11.9 Å². The summed E-state index contributed by atoms with van der Waals surface area (Å²) in [6.07, 6.45) is 7.39. The molecule has 0 spiro atoms. The van der Waals surface area contributed by atoms with Crippen molar-refractivity contribution >= 4 is 11.9 Å². The highest BCUT2D eigenvalue weighted by Gasteiger charge is 2.30. The molecule has 2 aromatic rings. The fraction of sp³-hybridized carbons (Fsp3) is 0.667.